The number of carbonyl (C=O) groups excluding carboxylic acids is 1. The smallest absolute Gasteiger partial charge is 0.253 e. The van der Waals surface area contributed by atoms with Gasteiger partial charge in [-0.15, -0.1) is 0 Å². The molecule has 0 unspecified atom stereocenters. The predicted octanol–water partition coefficient (Wildman–Crippen LogP) is 1.49. The van der Waals surface area contributed by atoms with E-state index in [4.69, 9.17) is 18.0 Å². The summed E-state index contributed by atoms with van der Waals surface area (Å²) in [6.45, 7) is 1.82. The molecule has 0 aliphatic heterocycles. The topological polar surface area (TPSA) is 46.3 Å². The Morgan fingerprint density at radius 3 is 2.69 bits per heavy atom. The van der Waals surface area contributed by atoms with Crippen molar-refractivity contribution in [1.82, 2.24) is 4.90 Å². The van der Waals surface area contributed by atoms with Gasteiger partial charge in [0.15, 0.2) is 0 Å². The van der Waals surface area contributed by atoms with Crippen molar-refractivity contribution in [3.63, 3.8) is 0 Å². The van der Waals surface area contributed by atoms with E-state index < -0.39 is 0 Å². The van der Waals surface area contributed by atoms with E-state index in [2.05, 4.69) is 0 Å². The zero-order valence-electron chi connectivity index (χ0n) is 9.16. The Morgan fingerprint density at radius 1 is 1.56 bits per heavy atom. The molecule has 0 fully saturated rings. The Kier molecular flexibility index (Phi) is 3.95. The zero-order valence-corrected chi connectivity index (χ0v) is 9.97. The van der Waals surface area contributed by atoms with Crippen LogP contribution in [0.2, 0.25) is 0 Å². The summed E-state index contributed by atoms with van der Waals surface area (Å²) in [6, 6.07) is 4.23. The summed E-state index contributed by atoms with van der Waals surface area (Å²) in [5, 5.41) is 0. The second-order valence-electron chi connectivity index (χ2n) is 3.59. The third-order valence-corrected chi connectivity index (χ3v) is 2.27. The van der Waals surface area contributed by atoms with Crippen molar-refractivity contribution in [1.29, 1.82) is 0 Å². The highest BCUT2D eigenvalue weighted by Gasteiger charge is 2.13. The van der Waals surface area contributed by atoms with Gasteiger partial charge in [-0.05, 0) is 30.7 Å². The van der Waals surface area contributed by atoms with E-state index in [0.29, 0.717) is 11.1 Å². The minimum absolute atomic E-state index is 0.213. The number of aryl methyl sites for hydroxylation is 1. The zero-order chi connectivity index (χ0) is 12.3. The number of nitrogens with zero attached hydrogens (tertiary/aromatic N) is 1. The Balaban J connectivity index is 2.88. The third-order valence-electron chi connectivity index (χ3n) is 2.14. The van der Waals surface area contributed by atoms with Crippen molar-refractivity contribution < 1.29 is 9.18 Å². The molecule has 86 valence electrons. The molecule has 0 aliphatic rings. The summed E-state index contributed by atoms with van der Waals surface area (Å²) in [5.41, 5.74) is 6.21. The van der Waals surface area contributed by atoms with Gasteiger partial charge >= 0.3 is 0 Å². The first kappa shape index (κ1) is 12.6. The first-order chi connectivity index (χ1) is 7.41. The van der Waals surface area contributed by atoms with E-state index >= 15 is 0 Å². The fourth-order valence-corrected chi connectivity index (χ4v) is 1.50. The van der Waals surface area contributed by atoms with Gasteiger partial charge in [0, 0.05) is 12.6 Å². The number of carbonyl (C=O) groups is 1. The van der Waals surface area contributed by atoms with E-state index in [1.165, 1.54) is 23.1 Å². The number of nitrogens with two attached hydrogens (primary N) is 1. The van der Waals surface area contributed by atoms with E-state index in [1.807, 2.05) is 0 Å². The highest BCUT2D eigenvalue weighted by molar-refractivity contribution is 7.80. The van der Waals surface area contributed by atoms with Gasteiger partial charge in [-0.1, -0.05) is 12.2 Å². The lowest BCUT2D eigenvalue weighted by atomic mass is 10.1. The Morgan fingerprint density at radius 2 is 2.19 bits per heavy atom. The molecule has 0 aromatic heterocycles. The number of thiocarbonyl (C=S) groups is 1. The van der Waals surface area contributed by atoms with Crippen LogP contribution in [0.15, 0.2) is 18.2 Å². The Bertz CT molecular complexity index is 434. The molecule has 0 radical (unpaired) electrons. The number of amides is 1. The van der Waals surface area contributed by atoms with Crippen LogP contribution in [0.3, 0.4) is 0 Å². The highest BCUT2D eigenvalue weighted by Crippen LogP contribution is 2.10. The fraction of sp³-hybridized carbons (Fsp3) is 0.273. The maximum absolute atomic E-state index is 13.0. The standard InChI is InChI=1S/C11H13FN2OS/c1-7-5-8(3-4-9(7)12)11(15)14(2)6-10(13)16/h3-5H,6H2,1-2H3,(H2,13,16). The van der Waals surface area contributed by atoms with Crippen molar-refractivity contribution >= 4 is 23.1 Å². The van der Waals surface area contributed by atoms with E-state index in [9.17, 15) is 9.18 Å². The van der Waals surface area contributed by atoms with Crippen LogP contribution >= 0.6 is 12.2 Å². The summed E-state index contributed by atoms with van der Waals surface area (Å²) in [7, 11) is 1.60. The molecule has 0 heterocycles. The molecular formula is C11H13FN2OS. The van der Waals surface area contributed by atoms with Crippen molar-refractivity contribution in [3.8, 4) is 0 Å². The number of rotatable bonds is 3. The molecule has 0 bridgehead atoms. The molecule has 1 aromatic carbocycles. The SMILES string of the molecule is Cc1cc(C(=O)N(C)CC(N)=S)ccc1F. The third kappa shape index (κ3) is 3.00. The van der Waals surface area contributed by atoms with Crippen LogP contribution in [0, 0.1) is 12.7 Å². The Hall–Kier alpha value is -1.49. The monoisotopic (exact) mass is 240 g/mol. The lowest BCUT2D eigenvalue weighted by Crippen LogP contribution is -2.34. The minimum atomic E-state index is -0.325. The lowest BCUT2D eigenvalue weighted by Gasteiger charge is -2.16. The van der Waals surface area contributed by atoms with Crippen LogP contribution in [-0.4, -0.2) is 29.4 Å². The van der Waals surface area contributed by atoms with Gasteiger partial charge < -0.3 is 10.6 Å². The number of benzene rings is 1. The molecule has 0 aliphatic carbocycles. The van der Waals surface area contributed by atoms with Gasteiger partial charge in [0.2, 0.25) is 0 Å². The van der Waals surface area contributed by atoms with Crippen LogP contribution in [-0.2, 0) is 0 Å². The molecule has 0 saturated carbocycles. The maximum Gasteiger partial charge on any atom is 0.253 e. The molecule has 16 heavy (non-hydrogen) atoms. The Labute approximate surface area is 99.0 Å². The van der Waals surface area contributed by atoms with Gasteiger partial charge in [0.25, 0.3) is 5.91 Å². The predicted molar refractivity (Wildman–Crippen MR) is 64.9 cm³/mol. The highest BCUT2D eigenvalue weighted by atomic mass is 32.1. The largest absolute Gasteiger partial charge is 0.392 e. The van der Waals surface area contributed by atoms with Gasteiger partial charge in [0.05, 0.1) is 11.5 Å². The number of hydrogen-bond donors (Lipinski definition) is 1. The van der Waals surface area contributed by atoms with Gasteiger partial charge in [-0.25, -0.2) is 4.39 Å². The van der Waals surface area contributed by atoms with Gasteiger partial charge in [-0.3, -0.25) is 4.79 Å². The quantitative estimate of drug-likeness (QED) is 0.814. The molecule has 2 N–H and O–H groups in total. The van der Waals surface area contributed by atoms with E-state index in [-0.39, 0.29) is 23.3 Å². The average Bonchev–Trinajstić information content (AvgIpc) is 2.20. The normalized spacial score (nSPS) is 9.94. The molecule has 0 saturated heterocycles. The maximum atomic E-state index is 13.0. The number of likely N-dealkylation sites (N-methyl/N-ethyl adjacent to an activating group) is 1. The van der Waals surface area contributed by atoms with Crippen molar-refractivity contribution in [3.05, 3.63) is 35.1 Å². The summed E-state index contributed by atoms with van der Waals surface area (Å²) in [4.78, 5) is 13.5. The second-order valence-corrected chi connectivity index (χ2v) is 4.12. The van der Waals surface area contributed by atoms with Crippen LogP contribution in [0.25, 0.3) is 0 Å². The van der Waals surface area contributed by atoms with Crippen LogP contribution in [0.4, 0.5) is 4.39 Å². The summed E-state index contributed by atoms with van der Waals surface area (Å²) in [6.07, 6.45) is 0. The summed E-state index contributed by atoms with van der Waals surface area (Å²) >= 11 is 4.71. The van der Waals surface area contributed by atoms with Gasteiger partial charge in [-0.2, -0.15) is 0 Å². The van der Waals surface area contributed by atoms with Crippen molar-refractivity contribution in [2.45, 2.75) is 6.92 Å². The fourth-order valence-electron chi connectivity index (χ4n) is 1.30. The van der Waals surface area contributed by atoms with E-state index in [0.717, 1.165) is 0 Å². The van der Waals surface area contributed by atoms with Crippen LogP contribution in [0.1, 0.15) is 15.9 Å². The molecule has 1 amide bonds. The molecule has 0 spiro atoms. The van der Waals surface area contributed by atoms with Gasteiger partial charge in [0.1, 0.15) is 5.82 Å². The lowest BCUT2D eigenvalue weighted by molar-refractivity contribution is 0.0815. The molecular weight excluding hydrogens is 227 g/mol. The van der Waals surface area contributed by atoms with Crippen molar-refractivity contribution in [2.24, 2.45) is 5.73 Å². The number of hydrogen-bond acceptors (Lipinski definition) is 2. The first-order valence-corrected chi connectivity index (χ1v) is 5.12. The van der Waals surface area contributed by atoms with E-state index in [1.54, 1.807) is 14.0 Å². The summed E-state index contributed by atoms with van der Waals surface area (Å²) in [5.74, 6) is -0.551. The minimum Gasteiger partial charge on any atom is -0.392 e. The summed E-state index contributed by atoms with van der Waals surface area (Å²) < 4.78 is 13.0. The average molecular weight is 240 g/mol. The first-order valence-electron chi connectivity index (χ1n) is 4.71. The molecule has 3 nitrogen and oxygen atoms in total. The number of halogens is 1. The molecule has 0 atom stereocenters. The van der Waals surface area contributed by atoms with Crippen molar-refractivity contribution in [2.75, 3.05) is 13.6 Å². The van der Waals surface area contributed by atoms with Crippen LogP contribution in [0.5, 0.6) is 0 Å². The van der Waals surface area contributed by atoms with Crippen LogP contribution < -0.4 is 5.73 Å². The second kappa shape index (κ2) is 5.03. The molecule has 1 aromatic rings. The molecule has 5 heteroatoms. The molecule has 1 rings (SSSR count).